The van der Waals surface area contributed by atoms with Crippen LogP contribution in [-0.4, -0.2) is 25.0 Å². The average Bonchev–Trinajstić information content (AvgIpc) is 2.86. The standard InChI is InChI=1S/C27H26N2O6/c1-3-5-13-33-21-9-6-18(7-10-21)14-20(17-28)26(31)34-22-11-8-19-15-23(25(30)29-12-4-2)27(32)35-24(19)16-22/h6-11,14-16H,3-5,12-13H2,1-2H3,(H,29,30)/b20-14+. The quantitative estimate of drug-likeness (QED) is 0.114. The van der Waals surface area contributed by atoms with Crippen LogP contribution < -0.4 is 20.4 Å². The molecular weight excluding hydrogens is 448 g/mol. The maximum Gasteiger partial charge on any atom is 0.354 e. The van der Waals surface area contributed by atoms with Crippen LogP contribution in [0.15, 0.2) is 63.3 Å². The molecule has 0 unspecified atom stereocenters. The van der Waals surface area contributed by atoms with E-state index in [0.29, 0.717) is 29.9 Å². The van der Waals surface area contributed by atoms with Crippen molar-refractivity contribution in [3.05, 3.63) is 75.7 Å². The molecule has 180 valence electrons. The molecule has 8 nitrogen and oxygen atoms in total. The highest BCUT2D eigenvalue weighted by Gasteiger charge is 2.16. The fraction of sp³-hybridized carbons (Fsp3) is 0.259. The van der Waals surface area contributed by atoms with Gasteiger partial charge in [-0.2, -0.15) is 5.26 Å². The molecule has 1 amide bonds. The second kappa shape index (κ2) is 12.2. The number of nitriles is 1. The van der Waals surface area contributed by atoms with Crippen LogP contribution in [0.4, 0.5) is 0 Å². The number of carbonyl (C=O) groups is 2. The zero-order valence-electron chi connectivity index (χ0n) is 19.6. The molecule has 0 radical (unpaired) electrons. The Balaban J connectivity index is 1.74. The lowest BCUT2D eigenvalue weighted by Gasteiger charge is -2.07. The second-order valence-corrected chi connectivity index (χ2v) is 7.73. The van der Waals surface area contributed by atoms with E-state index >= 15 is 0 Å². The number of amides is 1. The molecule has 1 heterocycles. The predicted octanol–water partition coefficient (Wildman–Crippen LogP) is 4.62. The summed E-state index contributed by atoms with van der Waals surface area (Å²) in [6.07, 6.45) is 4.15. The van der Waals surface area contributed by atoms with Crippen LogP contribution in [-0.2, 0) is 4.79 Å². The highest BCUT2D eigenvalue weighted by Crippen LogP contribution is 2.22. The third kappa shape index (κ3) is 6.81. The van der Waals surface area contributed by atoms with Gasteiger partial charge in [0.05, 0.1) is 6.61 Å². The van der Waals surface area contributed by atoms with Crippen molar-refractivity contribution in [3.63, 3.8) is 0 Å². The third-order valence-corrected chi connectivity index (χ3v) is 5.00. The van der Waals surface area contributed by atoms with Crippen LogP contribution in [0, 0.1) is 11.3 Å². The van der Waals surface area contributed by atoms with Gasteiger partial charge in [0, 0.05) is 18.0 Å². The van der Waals surface area contributed by atoms with Gasteiger partial charge in [0.25, 0.3) is 5.91 Å². The number of unbranched alkanes of at least 4 members (excludes halogenated alkanes) is 1. The number of carbonyl (C=O) groups excluding carboxylic acids is 2. The number of fused-ring (bicyclic) bond motifs is 1. The summed E-state index contributed by atoms with van der Waals surface area (Å²) < 4.78 is 16.2. The van der Waals surface area contributed by atoms with Crippen LogP contribution in [0.25, 0.3) is 17.0 Å². The topological polar surface area (TPSA) is 119 Å². The molecular formula is C27H26N2O6. The van der Waals surface area contributed by atoms with Gasteiger partial charge in [-0.25, -0.2) is 9.59 Å². The second-order valence-electron chi connectivity index (χ2n) is 7.73. The van der Waals surface area contributed by atoms with Gasteiger partial charge in [0.1, 0.15) is 34.3 Å². The molecule has 0 saturated heterocycles. The van der Waals surface area contributed by atoms with Crippen molar-refractivity contribution >= 4 is 28.9 Å². The maximum absolute atomic E-state index is 12.6. The highest BCUT2D eigenvalue weighted by molar-refractivity contribution is 5.99. The highest BCUT2D eigenvalue weighted by atomic mass is 16.5. The SMILES string of the molecule is CCCCOc1ccc(/C=C(\C#N)C(=O)Oc2ccc3cc(C(=O)NCCC)c(=O)oc3c2)cc1. The van der Waals surface area contributed by atoms with E-state index in [1.54, 1.807) is 30.3 Å². The van der Waals surface area contributed by atoms with Crippen molar-refractivity contribution in [2.75, 3.05) is 13.2 Å². The minimum absolute atomic E-state index is 0.0923. The minimum Gasteiger partial charge on any atom is -0.494 e. The summed E-state index contributed by atoms with van der Waals surface area (Å²) in [6.45, 7) is 5.05. The van der Waals surface area contributed by atoms with E-state index in [9.17, 15) is 19.6 Å². The number of nitrogens with zero attached hydrogens (tertiary/aromatic N) is 1. The first kappa shape index (κ1) is 25.2. The molecule has 3 aromatic rings. The van der Waals surface area contributed by atoms with Gasteiger partial charge >= 0.3 is 11.6 Å². The van der Waals surface area contributed by atoms with Crippen molar-refractivity contribution in [2.45, 2.75) is 33.1 Å². The van der Waals surface area contributed by atoms with Gasteiger partial charge in [-0.3, -0.25) is 4.79 Å². The number of rotatable bonds is 10. The molecule has 0 atom stereocenters. The molecule has 1 N–H and O–H groups in total. The number of benzene rings is 2. The molecule has 0 saturated carbocycles. The molecule has 0 fully saturated rings. The van der Waals surface area contributed by atoms with Crippen LogP contribution in [0.3, 0.4) is 0 Å². The van der Waals surface area contributed by atoms with E-state index in [1.807, 2.05) is 13.0 Å². The summed E-state index contributed by atoms with van der Waals surface area (Å²) in [5, 5.41) is 12.6. The number of esters is 1. The van der Waals surface area contributed by atoms with Crippen molar-refractivity contribution < 1.29 is 23.5 Å². The van der Waals surface area contributed by atoms with Crippen molar-refractivity contribution in [1.29, 1.82) is 5.26 Å². The summed E-state index contributed by atoms with van der Waals surface area (Å²) in [4.78, 5) is 36.9. The molecule has 0 bridgehead atoms. The molecule has 35 heavy (non-hydrogen) atoms. The molecule has 0 aliphatic carbocycles. The molecule has 1 aromatic heterocycles. The fourth-order valence-corrected chi connectivity index (χ4v) is 3.11. The molecule has 8 heteroatoms. The monoisotopic (exact) mass is 474 g/mol. The van der Waals surface area contributed by atoms with Gasteiger partial charge in [-0.05, 0) is 54.8 Å². The van der Waals surface area contributed by atoms with E-state index < -0.39 is 17.5 Å². The van der Waals surface area contributed by atoms with E-state index in [2.05, 4.69) is 12.2 Å². The first-order valence-corrected chi connectivity index (χ1v) is 11.4. The van der Waals surface area contributed by atoms with Crippen LogP contribution in [0.5, 0.6) is 11.5 Å². The maximum atomic E-state index is 12.6. The van der Waals surface area contributed by atoms with Gasteiger partial charge in [-0.15, -0.1) is 0 Å². The van der Waals surface area contributed by atoms with Crippen LogP contribution in [0.2, 0.25) is 0 Å². The summed E-state index contributed by atoms with van der Waals surface area (Å²) in [5.74, 6) is -0.564. The zero-order chi connectivity index (χ0) is 25.2. The fourth-order valence-electron chi connectivity index (χ4n) is 3.11. The molecule has 0 aliphatic rings. The average molecular weight is 475 g/mol. The molecule has 0 spiro atoms. The summed E-state index contributed by atoms with van der Waals surface area (Å²) in [6, 6.07) is 14.7. The largest absolute Gasteiger partial charge is 0.494 e. The lowest BCUT2D eigenvalue weighted by Crippen LogP contribution is -2.28. The Labute approximate surface area is 202 Å². The van der Waals surface area contributed by atoms with Crippen molar-refractivity contribution in [3.8, 4) is 17.6 Å². The third-order valence-electron chi connectivity index (χ3n) is 5.00. The van der Waals surface area contributed by atoms with Crippen molar-refractivity contribution in [1.82, 2.24) is 5.32 Å². The van der Waals surface area contributed by atoms with E-state index in [0.717, 1.165) is 19.3 Å². The minimum atomic E-state index is -0.854. The Morgan fingerprint density at radius 1 is 1.06 bits per heavy atom. The van der Waals surface area contributed by atoms with Gasteiger partial charge in [0.15, 0.2) is 0 Å². The first-order valence-electron chi connectivity index (χ1n) is 11.4. The van der Waals surface area contributed by atoms with Gasteiger partial charge in [-0.1, -0.05) is 32.4 Å². The smallest absolute Gasteiger partial charge is 0.354 e. The Morgan fingerprint density at radius 3 is 2.49 bits per heavy atom. The Bertz CT molecular complexity index is 1330. The van der Waals surface area contributed by atoms with E-state index in [4.69, 9.17) is 13.9 Å². The molecule has 3 rings (SSSR count). The lowest BCUT2D eigenvalue weighted by molar-refractivity contribution is -0.129. The summed E-state index contributed by atoms with van der Waals surface area (Å²) in [7, 11) is 0. The lowest BCUT2D eigenvalue weighted by atomic mass is 10.1. The normalized spacial score (nSPS) is 11.1. The molecule has 0 aliphatic heterocycles. The molecule has 2 aromatic carbocycles. The first-order chi connectivity index (χ1) is 16.9. The van der Waals surface area contributed by atoms with E-state index in [1.165, 1.54) is 24.3 Å². The number of hydrogen-bond donors (Lipinski definition) is 1. The number of ether oxygens (including phenoxy) is 2. The summed E-state index contributed by atoms with van der Waals surface area (Å²) in [5.41, 5.74) is -0.316. The van der Waals surface area contributed by atoms with Crippen LogP contribution in [0.1, 0.15) is 49.0 Å². The Hall–Kier alpha value is -4.38. The number of hydrogen-bond acceptors (Lipinski definition) is 7. The van der Waals surface area contributed by atoms with Crippen LogP contribution >= 0.6 is 0 Å². The number of nitrogens with one attached hydrogen (secondary N) is 1. The van der Waals surface area contributed by atoms with Crippen molar-refractivity contribution in [2.24, 2.45) is 0 Å². The summed E-state index contributed by atoms with van der Waals surface area (Å²) >= 11 is 0. The van der Waals surface area contributed by atoms with Gasteiger partial charge < -0.3 is 19.2 Å². The van der Waals surface area contributed by atoms with Gasteiger partial charge in [0.2, 0.25) is 0 Å². The Kier molecular flexibility index (Phi) is 8.79. The van der Waals surface area contributed by atoms with E-state index in [-0.39, 0.29) is 22.5 Å². The Morgan fingerprint density at radius 2 is 1.80 bits per heavy atom. The predicted molar refractivity (Wildman–Crippen MR) is 131 cm³/mol. The zero-order valence-corrected chi connectivity index (χ0v) is 19.6.